The number of aryl methyl sites for hydroxylation is 3. The van der Waals surface area contributed by atoms with E-state index in [-0.39, 0.29) is 0 Å². The minimum Gasteiger partial charge on any atom is -0.444 e. The highest BCUT2D eigenvalue weighted by Gasteiger charge is 2.09. The van der Waals surface area contributed by atoms with Crippen LogP contribution in [-0.2, 0) is 13.1 Å². The number of guanidine groups is 1. The first-order valence-electron chi connectivity index (χ1n) is 7.40. The van der Waals surface area contributed by atoms with Crippen molar-refractivity contribution < 1.29 is 4.42 Å². The van der Waals surface area contributed by atoms with Crippen LogP contribution in [0.25, 0.3) is 0 Å². The number of aromatic nitrogens is 1. The van der Waals surface area contributed by atoms with Gasteiger partial charge in [-0.25, -0.2) is 4.98 Å². The molecule has 0 saturated carbocycles. The van der Waals surface area contributed by atoms with Crippen molar-refractivity contribution in [2.24, 2.45) is 4.99 Å². The van der Waals surface area contributed by atoms with Crippen molar-refractivity contribution in [3.8, 4) is 0 Å². The molecule has 0 aliphatic heterocycles. The molecule has 0 aliphatic rings. The maximum absolute atomic E-state index is 5.57. The fourth-order valence-corrected chi connectivity index (χ4v) is 2.20. The van der Waals surface area contributed by atoms with Crippen LogP contribution in [0.2, 0.25) is 0 Å². The molecule has 0 saturated heterocycles. The number of aliphatic imine (C=N–C) groups is 1. The quantitative estimate of drug-likeness (QED) is 0.697. The summed E-state index contributed by atoms with van der Waals surface area (Å²) in [5.74, 6) is 2.36. The molecular formula is C17H24N4O. The van der Waals surface area contributed by atoms with Crippen LogP contribution < -0.4 is 5.32 Å². The minimum atomic E-state index is 0.527. The van der Waals surface area contributed by atoms with E-state index in [1.54, 1.807) is 7.05 Å². The zero-order chi connectivity index (χ0) is 16.1. The van der Waals surface area contributed by atoms with Gasteiger partial charge in [0.2, 0.25) is 5.89 Å². The predicted molar refractivity (Wildman–Crippen MR) is 88.8 cm³/mol. The molecule has 0 unspecified atom stereocenters. The zero-order valence-corrected chi connectivity index (χ0v) is 14.0. The summed E-state index contributed by atoms with van der Waals surface area (Å²) >= 11 is 0. The predicted octanol–water partition coefficient (Wildman–Crippen LogP) is 2.81. The van der Waals surface area contributed by atoms with E-state index in [9.17, 15) is 0 Å². The number of nitrogens with one attached hydrogen (secondary N) is 1. The fraction of sp³-hybridized carbons (Fsp3) is 0.412. The lowest BCUT2D eigenvalue weighted by molar-refractivity contribution is 0.443. The Morgan fingerprint density at radius 1 is 1.23 bits per heavy atom. The summed E-state index contributed by atoms with van der Waals surface area (Å²) in [7, 11) is 3.79. The van der Waals surface area contributed by atoms with Gasteiger partial charge in [0, 0.05) is 20.6 Å². The third kappa shape index (κ3) is 4.10. The topological polar surface area (TPSA) is 53.7 Å². The number of hydrogen-bond donors (Lipinski definition) is 1. The molecular weight excluding hydrogens is 276 g/mol. The lowest BCUT2D eigenvalue weighted by Gasteiger charge is -2.21. The van der Waals surface area contributed by atoms with E-state index in [0.717, 1.165) is 24.0 Å². The lowest BCUT2D eigenvalue weighted by Crippen LogP contribution is -2.38. The van der Waals surface area contributed by atoms with Crippen LogP contribution in [0.4, 0.5) is 0 Å². The Morgan fingerprint density at radius 3 is 2.45 bits per heavy atom. The Labute approximate surface area is 132 Å². The smallest absolute Gasteiger partial charge is 0.214 e. The van der Waals surface area contributed by atoms with Crippen LogP contribution in [0.3, 0.4) is 0 Å². The van der Waals surface area contributed by atoms with E-state index in [2.05, 4.69) is 51.4 Å². The van der Waals surface area contributed by atoms with Crippen molar-refractivity contribution in [1.82, 2.24) is 15.2 Å². The van der Waals surface area contributed by atoms with E-state index in [1.165, 1.54) is 11.1 Å². The number of hydrogen-bond acceptors (Lipinski definition) is 3. The molecule has 0 atom stereocenters. The van der Waals surface area contributed by atoms with Gasteiger partial charge in [0.15, 0.2) is 5.96 Å². The first-order chi connectivity index (χ1) is 10.5. The van der Waals surface area contributed by atoms with Gasteiger partial charge >= 0.3 is 0 Å². The molecule has 5 nitrogen and oxygen atoms in total. The first kappa shape index (κ1) is 16.1. The van der Waals surface area contributed by atoms with Crippen LogP contribution >= 0.6 is 0 Å². The molecule has 0 aliphatic carbocycles. The van der Waals surface area contributed by atoms with Crippen LogP contribution in [0.5, 0.6) is 0 Å². The van der Waals surface area contributed by atoms with E-state index in [4.69, 9.17) is 4.42 Å². The van der Waals surface area contributed by atoms with Gasteiger partial charge in [-0.15, -0.1) is 0 Å². The van der Waals surface area contributed by atoms with Crippen molar-refractivity contribution >= 4 is 5.96 Å². The molecule has 1 heterocycles. The lowest BCUT2D eigenvalue weighted by atomic mass is 10.1. The summed E-state index contributed by atoms with van der Waals surface area (Å²) in [6.45, 7) is 7.28. The van der Waals surface area contributed by atoms with Gasteiger partial charge < -0.3 is 14.6 Å². The number of rotatable bonds is 4. The maximum Gasteiger partial charge on any atom is 0.214 e. The van der Waals surface area contributed by atoms with Crippen LogP contribution in [-0.4, -0.2) is 29.9 Å². The number of oxazole rings is 1. The Bertz CT molecular complexity index is 624. The average Bonchev–Trinajstić information content (AvgIpc) is 2.81. The van der Waals surface area contributed by atoms with Crippen molar-refractivity contribution in [2.75, 3.05) is 14.1 Å². The molecule has 1 aromatic carbocycles. The van der Waals surface area contributed by atoms with Crippen LogP contribution in [0.15, 0.2) is 33.7 Å². The molecule has 118 valence electrons. The summed E-state index contributed by atoms with van der Waals surface area (Å²) in [4.78, 5) is 10.8. The number of nitrogens with zero attached hydrogens (tertiary/aromatic N) is 3. The second-order valence-electron chi connectivity index (χ2n) is 5.49. The molecule has 2 rings (SSSR count). The third-order valence-corrected chi connectivity index (χ3v) is 3.58. The fourth-order valence-electron chi connectivity index (χ4n) is 2.20. The molecule has 1 aromatic heterocycles. The van der Waals surface area contributed by atoms with Gasteiger partial charge in [-0.2, -0.15) is 0 Å². The normalized spacial score (nSPS) is 11.6. The highest BCUT2D eigenvalue weighted by molar-refractivity contribution is 5.79. The van der Waals surface area contributed by atoms with Crippen molar-refractivity contribution in [3.05, 3.63) is 52.7 Å². The summed E-state index contributed by atoms with van der Waals surface area (Å²) in [6.07, 6.45) is 0. The molecule has 0 radical (unpaired) electrons. The Kier molecular flexibility index (Phi) is 5.20. The maximum atomic E-state index is 5.57. The second kappa shape index (κ2) is 7.11. The minimum absolute atomic E-state index is 0.527. The Balaban J connectivity index is 1.94. The van der Waals surface area contributed by atoms with Gasteiger partial charge in [0.1, 0.15) is 5.76 Å². The van der Waals surface area contributed by atoms with Crippen molar-refractivity contribution in [1.29, 1.82) is 0 Å². The van der Waals surface area contributed by atoms with Crippen LogP contribution in [0, 0.1) is 20.8 Å². The third-order valence-electron chi connectivity index (χ3n) is 3.58. The summed E-state index contributed by atoms with van der Waals surface area (Å²) in [6, 6.07) is 8.52. The molecule has 0 spiro atoms. The van der Waals surface area contributed by atoms with Crippen molar-refractivity contribution in [3.63, 3.8) is 0 Å². The molecule has 1 N–H and O–H groups in total. The van der Waals surface area contributed by atoms with Gasteiger partial charge in [0.05, 0.1) is 12.2 Å². The van der Waals surface area contributed by atoms with E-state index < -0.39 is 0 Å². The first-order valence-corrected chi connectivity index (χ1v) is 7.40. The summed E-state index contributed by atoms with van der Waals surface area (Å²) in [5, 5.41) is 3.28. The Morgan fingerprint density at radius 2 is 1.91 bits per heavy atom. The van der Waals surface area contributed by atoms with Gasteiger partial charge in [-0.3, -0.25) is 4.99 Å². The van der Waals surface area contributed by atoms with Gasteiger partial charge in [-0.05, 0) is 26.3 Å². The molecule has 2 aromatic rings. The second-order valence-corrected chi connectivity index (χ2v) is 5.49. The average molecular weight is 300 g/mol. The van der Waals surface area contributed by atoms with Gasteiger partial charge in [0.25, 0.3) is 0 Å². The van der Waals surface area contributed by atoms with Gasteiger partial charge in [-0.1, -0.05) is 29.8 Å². The molecule has 5 heteroatoms. The van der Waals surface area contributed by atoms with E-state index in [0.29, 0.717) is 12.4 Å². The summed E-state index contributed by atoms with van der Waals surface area (Å²) in [5.41, 5.74) is 3.45. The monoisotopic (exact) mass is 300 g/mol. The highest BCUT2D eigenvalue weighted by Crippen LogP contribution is 2.09. The van der Waals surface area contributed by atoms with E-state index in [1.807, 2.05) is 20.9 Å². The molecule has 22 heavy (non-hydrogen) atoms. The molecule has 0 fully saturated rings. The molecule has 0 amide bonds. The van der Waals surface area contributed by atoms with Crippen LogP contribution in [0.1, 0.15) is 28.5 Å². The van der Waals surface area contributed by atoms with Crippen molar-refractivity contribution in [2.45, 2.75) is 33.9 Å². The number of benzene rings is 1. The SMILES string of the molecule is CN=C(NCc1nc(C)c(C)o1)N(C)Cc1ccc(C)cc1. The summed E-state index contributed by atoms with van der Waals surface area (Å²) < 4.78 is 5.57. The highest BCUT2D eigenvalue weighted by atomic mass is 16.4. The Hall–Kier alpha value is -2.30. The largest absolute Gasteiger partial charge is 0.444 e. The molecule has 0 bridgehead atoms. The standard InChI is InChI=1S/C17H24N4O/c1-12-6-8-15(9-7-12)11-21(5)17(18-4)19-10-16-20-13(2)14(3)22-16/h6-9H,10-11H2,1-5H3,(H,18,19). The zero-order valence-electron chi connectivity index (χ0n) is 14.0. The van der Waals surface area contributed by atoms with E-state index >= 15 is 0 Å².